The second-order valence-corrected chi connectivity index (χ2v) is 4.48. The molecule has 0 saturated heterocycles. The average molecular weight is 251 g/mol. The highest BCUT2D eigenvalue weighted by molar-refractivity contribution is 8.22. The van der Waals surface area contributed by atoms with Crippen LogP contribution in [0.4, 0.5) is 5.69 Å². The fourth-order valence-corrected chi connectivity index (χ4v) is 1.51. The lowest BCUT2D eigenvalue weighted by atomic mass is 10.2. The summed E-state index contributed by atoms with van der Waals surface area (Å²) < 4.78 is 0.435. The number of thioether (sulfide) groups is 1. The van der Waals surface area contributed by atoms with Crippen molar-refractivity contribution in [2.24, 2.45) is 10.2 Å². The van der Waals surface area contributed by atoms with Crippen molar-refractivity contribution in [2.75, 3.05) is 6.26 Å². The smallest absolute Gasteiger partial charge is 0.218 e. The summed E-state index contributed by atoms with van der Waals surface area (Å²) in [7, 11) is 0. The Morgan fingerprint density at radius 2 is 2.19 bits per heavy atom. The summed E-state index contributed by atoms with van der Waals surface area (Å²) in [6, 6.07) is 7.48. The molecule has 1 aromatic heterocycles. The topological polar surface area (TPSA) is 60.7 Å². The van der Waals surface area contributed by atoms with Crippen LogP contribution in [0.3, 0.4) is 0 Å². The van der Waals surface area contributed by atoms with Gasteiger partial charge in [0.05, 0.1) is 5.52 Å². The van der Waals surface area contributed by atoms with Gasteiger partial charge >= 0.3 is 0 Å². The second kappa shape index (κ2) is 4.63. The van der Waals surface area contributed by atoms with E-state index in [2.05, 4.69) is 15.2 Å². The zero-order valence-electron chi connectivity index (χ0n) is 8.47. The highest BCUT2D eigenvalue weighted by atomic mass is 32.2. The Bertz CT molecular complexity index is 562. The van der Waals surface area contributed by atoms with Gasteiger partial charge in [-0.25, -0.2) is 0 Å². The molecule has 0 atom stereocenters. The summed E-state index contributed by atoms with van der Waals surface area (Å²) in [6.45, 7) is 0. The first-order chi connectivity index (χ1) is 7.72. The lowest BCUT2D eigenvalue weighted by molar-refractivity contribution is 0.459. The maximum atomic E-state index is 9.66. The molecule has 0 spiro atoms. The predicted molar refractivity (Wildman–Crippen MR) is 70.6 cm³/mol. The van der Waals surface area contributed by atoms with E-state index in [1.54, 1.807) is 0 Å². The van der Waals surface area contributed by atoms with Crippen LogP contribution in [0.1, 0.15) is 0 Å². The summed E-state index contributed by atoms with van der Waals surface area (Å²) in [5, 5.41) is 18.3. The SMILES string of the molecule is CSC(=S)N=Nc1c(O)[nH]c2ccccc12. The number of aromatic nitrogens is 1. The second-order valence-electron chi connectivity index (χ2n) is 3.04. The quantitative estimate of drug-likeness (QED) is 0.601. The van der Waals surface area contributed by atoms with Gasteiger partial charge in [-0.3, -0.25) is 0 Å². The summed E-state index contributed by atoms with van der Waals surface area (Å²) in [4.78, 5) is 2.82. The minimum atomic E-state index is 0.00820. The maximum absolute atomic E-state index is 9.66. The molecule has 4 nitrogen and oxygen atoms in total. The van der Waals surface area contributed by atoms with E-state index in [0.29, 0.717) is 10.0 Å². The Morgan fingerprint density at radius 1 is 1.44 bits per heavy atom. The fraction of sp³-hybridized carbons (Fsp3) is 0.100. The van der Waals surface area contributed by atoms with Crippen molar-refractivity contribution < 1.29 is 5.11 Å². The van der Waals surface area contributed by atoms with Gasteiger partial charge in [0.1, 0.15) is 0 Å². The fourth-order valence-electron chi connectivity index (χ4n) is 1.35. The molecule has 0 radical (unpaired) electrons. The van der Waals surface area contributed by atoms with Gasteiger partial charge in [-0.05, 0) is 24.5 Å². The summed E-state index contributed by atoms with van der Waals surface area (Å²) >= 11 is 6.24. The monoisotopic (exact) mass is 251 g/mol. The third kappa shape index (κ3) is 2.07. The van der Waals surface area contributed by atoms with E-state index < -0.39 is 0 Å². The molecule has 82 valence electrons. The number of aromatic amines is 1. The van der Waals surface area contributed by atoms with Crippen molar-refractivity contribution in [2.45, 2.75) is 0 Å². The first-order valence-corrected chi connectivity index (χ1v) is 6.15. The highest BCUT2D eigenvalue weighted by Crippen LogP contribution is 2.35. The number of H-pyrrole nitrogens is 1. The van der Waals surface area contributed by atoms with Crippen molar-refractivity contribution in [3.8, 4) is 5.88 Å². The van der Waals surface area contributed by atoms with Crippen LogP contribution < -0.4 is 0 Å². The zero-order valence-corrected chi connectivity index (χ0v) is 10.1. The van der Waals surface area contributed by atoms with Gasteiger partial charge in [0, 0.05) is 5.39 Å². The minimum absolute atomic E-state index is 0.00820. The molecular formula is C10H9N3OS2. The summed E-state index contributed by atoms with van der Waals surface area (Å²) in [6.07, 6.45) is 1.83. The Kier molecular flexibility index (Phi) is 3.21. The maximum Gasteiger partial charge on any atom is 0.218 e. The third-order valence-electron chi connectivity index (χ3n) is 2.07. The molecule has 1 aromatic carbocycles. The Labute approximate surface area is 102 Å². The van der Waals surface area contributed by atoms with Gasteiger partial charge in [0.25, 0.3) is 0 Å². The third-order valence-corrected chi connectivity index (χ3v) is 3.08. The molecule has 2 N–H and O–H groups in total. The number of rotatable bonds is 1. The molecule has 0 bridgehead atoms. The highest BCUT2D eigenvalue weighted by Gasteiger charge is 2.09. The van der Waals surface area contributed by atoms with Crippen LogP contribution in [-0.4, -0.2) is 20.7 Å². The minimum Gasteiger partial charge on any atom is -0.493 e. The number of fused-ring (bicyclic) bond motifs is 1. The predicted octanol–water partition coefficient (Wildman–Crippen LogP) is 3.61. The normalized spacial score (nSPS) is 11.3. The van der Waals surface area contributed by atoms with Crippen LogP contribution in [0, 0.1) is 0 Å². The van der Waals surface area contributed by atoms with Gasteiger partial charge in [0.15, 0.2) is 10.0 Å². The first-order valence-electron chi connectivity index (χ1n) is 4.51. The van der Waals surface area contributed by atoms with E-state index in [0.717, 1.165) is 10.9 Å². The Balaban J connectivity index is 2.47. The molecule has 2 aromatic rings. The molecular weight excluding hydrogens is 242 g/mol. The summed E-state index contributed by atoms with van der Waals surface area (Å²) in [5.41, 5.74) is 1.25. The molecule has 0 fully saturated rings. The van der Waals surface area contributed by atoms with Gasteiger partial charge in [-0.2, -0.15) is 0 Å². The first kappa shape index (κ1) is 11.1. The molecule has 0 aliphatic carbocycles. The van der Waals surface area contributed by atoms with E-state index in [-0.39, 0.29) is 5.88 Å². The molecule has 16 heavy (non-hydrogen) atoms. The molecule has 2 rings (SSSR count). The average Bonchev–Trinajstić information content (AvgIpc) is 2.62. The number of azo groups is 1. The largest absolute Gasteiger partial charge is 0.493 e. The standard InChI is InChI=1S/C10H9N3OS2/c1-16-10(15)13-12-8-6-4-2-3-5-7(6)11-9(8)14/h2-5,11,14H,1H3. The van der Waals surface area contributed by atoms with Crippen molar-refractivity contribution in [3.63, 3.8) is 0 Å². The van der Waals surface area contributed by atoms with Crippen LogP contribution in [0.5, 0.6) is 5.88 Å². The molecule has 0 aliphatic rings. The van der Waals surface area contributed by atoms with Gasteiger partial charge in [-0.1, -0.05) is 30.0 Å². The number of nitrogens with zero attached hydrogens (tertiary/aromatic N) is 2. The number of aromatic hydroxyl groups is 1. The van der Waals surface area contributed by atoms with Crippen LogP contribution in [0.25, 0.3) is 10.9 Å². The van der Waals surface area contributed by atoms with Crippen LogP contribution in [0.15, 0.2) is 34.5 Å². The number of para-hydroxylation sites is 1. The molecule has 0 saturated carbocycles. The number of thiocarbonyl (C=S) groups is 1. The number of hydrogen-bond acceptors (Lipinski definition) is 4. The molecule has 0 aliphatic heterocycles. The lowest BCUT2D eigenvalue weighted by Crippen LogP contribution is -1.74. The van der Waals surface area contributed by atoms with Gasteiger partial charge in [-0.15, -0.1) is 10.2 Å². The number of hydrogen-bond donors (Lipinski definition) is 2. The molecule has 0 amide bonds. The molecule has 1 heterocycles. The summed E-state index contributed by atoms with van der Waals surface area (Å²) in [5.74, 6) is 0.00820. The molecule has 6 heteroatoms. The van der Waals surface area contributed by atoms with E-state index >= 15 is 0 Å². The van der Waals surface area contributed by atoms with Crippen molar-refractivity contribution in [3.05, 3.63) is 24.3 Å². The van der Waals surface area contributed by atoms with Crippen molar-refractivity contribution in [1.29, 1.82) is 0 Å². The Hall–Kier alpha value is -1.40. The Morgan fingerprint density at radius 3 is 2.94 bits per heavy atom. The van der Waals surface area contributed by atoms with Crippen LogP contribution >= 0.6 is 24.0 Å². The van der Waals surface area contributed by atoms with Gasteiger partial charge in [0.2, 0.25) is 5.88 Å². The van der Waals surface area contributed by atoms with Gasteiger partial charge < -0.3 is 10.1 Å². The van der Waals surface area contributed by atoms with Crippen molar-refractivity contribution in [1.82, 2.24) is 4.98 Å². The lowest BCUT2D eigenvalue weighted by Gasteiger charge is -1.91. The van der Waals surface area contributed by atoms with E-state index in [9.17, 15) is 5.11 Å². The van der Waals surface area contributed by atoms with Crippen molar-refractivity contribution >= 4 is 44.9 Å². The molecule has 0 unspecified atom stereocenters. The van der Waals surface area contributed by atoms with E-state index in [1.807, 2.05) is 30.5 Å². The zero-order chi connectivity index (χ0) is 11.5. The van der Waals surface area contributed by atoms with Crippen LogP contribution in [-0.2, 0) is 0 Å². The number of benzene rings is 1. The van der Waals surface area contributed by atoms with E-state index in [4.69, 9.17) is 12.2 Å². The number of nitrogens with one attached hydrogen (secondary N) is 1. The van der Waals surface area contributed by atoms with Crippen LogP contribution in [0.2, 0.25) is 0 Å². The van der Waals surface area contributed by atoms with E-state index in [1.165, 1.54) is 11.8 Å².